The van der Waals surface area contributed by atoms with E-state index in [1.807, 2.05) is 0 Å². The minimum Gasteiger partial charge on any atom is -0.368 e. The molecule has 0 spiro atoms. The molecule has 0 bridgehead atoms. The lowest BCUT2D eigenvalue weighted by Gasteiger charge is -1.87. The summed E-state index contributed by atoms with van der Waals surface area (Å²) >= 11 is 0. The first-order valence-electron chi connectivity index (χ1n) is 1.95. The Bertz CT molecular complexity index is 168. The Hall–Kier alpha value is -1.39. The molecule has 5 heteroatoms. The summed E-state index contributed by atoms with van der Waals surface area (Å²) < 4.78 is 0. The lowest BCUT2D eigenvalue weighted by Crippen LogP contribution is -1.95. The third-order valence-corrected chi connectivity index (χ3v) is 0.590. The molecule has 3 N–H and O–H groups in total. The Labute approximate surface area is 45.8 Å². The van der Waals surface area contributed by atoms with Gasteiger partial charge in [0.25, 0.3) is 0 Å². The second-order valence-electron chi connectivity index (χ2n) is 1.17. The van der Waals surface area contributed by atoms with Crippen LogP contribution in [-0.2, 0) is 0 Å². The molecular formula is C3H4N5. The largest absolute Gasteiger partial charge is 0.368 e. The Morgan fingerprint density at radius 3 is 2.62 bits per heavy atom. The van der Waals surface area contributed by atoms with E-state index in [0.29, 0.717) is 0 Å². The van der Waals surface area contributed by atoms with Crippen molar-refractivity contribution in [3.63, 3.8) is 0 Å². The van der Waals surface area contributed by atoms with Crippen LogP contribution >= 0.6 is 0 Å². The molecule has 1 aromatic heterocycles. The molecule has 0 aliphatic carbocycles. The van der Waals surface area contributed by atoms with Gasteiger partial charge in [-0.1, -0.05) is 0 Å². The van der Waals surface area contributed by atoms with Gasteiger partial charge in [-0.25, -0.2) is 4.98 Å². The smallest absolute Gasteiger partial charge is 0.246 e. The van der Waals surface area contributed by atoms with Gasteiger partial charge >= 0.3 is 0 Å². The van der Waals surface area contributed by atoms with Crippen molar-refractivity contribution in [2.45, 2.75) is 0 Å². The number of aromatic nitrogens is 3. The third kappa shape index (κ3) is 0.810. The molecular weight excluding hydrogens is 106 g/mol. The van der Waals surface area contributed by atoms with Crippen LogP contribution in [0.15, 0.2) is 6.33 Å². The molecule has 1 heterocycles. The summed E-state index contributed by atoms with van der Waals surface area (Å²) in [6.07, 6.45) is 1.20. The molecule has 1 aromatic rings. The number of hydrogen-bond acceptors (Lipinski definition) is 4. The van der Waals surface area contributed by atoms with Gasteiger partial charge < -0.3 is 5.73 Å². The summed E-state index contributed by atoms with van der Waals surface area (Å²) in [6, 6.07) is 0. The fourth-order valence-corrected chi connectivity index (χ4v) is 0.309. The summed E-state index contributed by atoms with van der Waals surface area (Å²) in [5.74, 6) is -0.0116. The van der Waals surface area contributed by atoms with Crippen LogP contribution in [0.1, 0.15) is 0 Å². The summed E-state index contributed by atoms with van der Waals surface area (Å²) in [5.41, 5.74) is 11.9. The van der Waals surface area contributed by atoms with E-state index in [1.54, 1.807) is 0 Å². The second kappa shape index (κ2) is 1.61. The average Bonchev–Trinajstić information content (AvgIpc) is 1.64. The van der Waals surface area contributed by atoms with Crippen molar-refractivity contribution in [2.75, 3.05) is 5.73 Å². The fraction of sp³-hybridized carbons (Fsp3) is 0. The Morgan fingerprint density at radius 2 is 2.25 bits per heavy atom. The highest BCUT2D eigenvalue weighted by molar-refractivity contribution is 5.19. The zero-order valence-electron chi connectivity index (χ0n) is 4.00. The first-order valence-corrected chi connectivity index (χ1v) is 1.95. The minimum atomic E-state index is -0.0995. The van der Waals surface area contributed by atoms with E-state index in [0.717, 1.165) is 0 Å². The minimum absolute atomic E-state index is 0.0880. The van der Waals surface area contributed by atoms with E-state index < -0.39 is 0 Å². The molecule has 0 fully saturated rings. The zero-order valence-corrected chi connectivity index (χ0v) is 4.00. The third-order valence-electron chi connectivity index (χ3n) is 0.590. The highest BCUT2D eigenvalue weighted by Gasteiger charge is 1.87. The van der Waals surface area contributed by atoms with Crippen molar-refractivity contribution in [2.24, 2.45) is 0 Å². The Morgan fingerprint density at radius 1 is 1.50 bits per heavy atom. The predicted molar refractivity (Wildman–Crippen MR) is 27.0 cm³/mol. The molecule has 0 aliphatic heterocycles. The number of nitrogens with one attached hydrogen (secondary N) is 1. The van der Waals surface area contributed by atoms with Gasteiger partial charge in [-0.05, 0) is 0 Å². The molecule has 0 amide bonds. The van der Waals surface area contributed by atoms with Gasteiger partial charge in [0.2, 0.25) is 11.9 Å². The van der Waals surface area contributed by atoms with Gasteiger partial charge in [-0.15, -0.1) is 0 Å². The number of nitrogens with zero attached hydrogens (tertiary/aromatic N) is 3. The number of nitrogens with two attached hydrogens (primary N) is 1. The van der Waals surface area contributed by atoms with Crippen molar-refractivity contribution in [3.05, 3.63) is 6.33 Å². The maximum Gasteiger partial charge on any atom is 0.246 e. The van der Waals surface area contributed by atoms with Crippen LogP contribution in [0.5, 0.6) is 0 Å². The molecule has 0 unspecified atom stereocenters. The summed E-state index contributed by atoms with van der Waals surface area (Å²) in [7, 11) is 0. The maximum atomic E-state index is 6.79. The number of anilines is 1. The van der Waals surface area contributed by atoms with Crippen LogP contribution < -0.4 is 11.5 Å². The van der Waals surface area contributed by atoms with Gasteiger partial charge in [-0.2, -0.15) is 9.97 Å². The summed E-state index contributed by atoms with van der Waals surface area (Å²) in [5, 5.41) is 0. The standard InChI is InChI=1S/C3H4N5/c4-2-6-1-7-3(5)8-2/h1,4H,(H2,5,6,7,8). The van der Waals surface area contributed by atoms with E-state index in [1.165, 1.54) is 6.33 Å². The van der Waals surface area contributed by atoms with Crippen LogP contribution in [0.2, 0.25) is 0 Å². The lowest BCUT2D eigenvalue weighted by molar-refractivity contribution is 1.04. The molecule has 5 nitrogen and oxygen atoms in total. The second-order valence-corrected chi connectivity index (χ2v) is 1.17. The topological polar surface area (TPSA) is 88.5 Å². The van der Waals surface area contributed by atoms with Crippen LogP contribution in [0, 0.1) is 0 Å². The zero-order chi connectivity index (χ0) is 5.98. The van der Waals surface area contributed by atoms with Crippen LogP contribution in [-0.4, -0.2) is 15.0 Å². The van der Waals surface area contributed by atoms with Crippen LogP contribution in [0.25, 0.3) is 0 Å². The number of rotatable bonds is 0. The highest BCUT2D eigenvalue weighted by Crippen LogP contribution is 1.90. The first kappa shape index (κ1) is 4.76. The van der Waals surface area contributed by atoms with Gasteiger partial charge in [0.05, 0.1) is 0 Å². The molecule has 0 saturated carbocycles. The van der Waals surface area contributed by atoms with E-state index in [4.69, 9.17) is 11.5 Å². The van der Waals surface area contributed by atoms with E-state index >= 15 is 0 Å². The van der Waals surface area contributed by atoms with E-state index in [2.05, 4.69) is 15.0 Å². The molecule has 0 aliphatic rings. The first-order chi connectivity index (χ1) is 3.79. The van der Waals surface area contributed by atoms with Crippen LogP contribution in [0.3, 0.4) is 0 Å². The maximum absolute atomic E-state index is 6.79. The SMILES string of the molecule is [NH]c1ncnc(N)n1. The number of hydrogen-bond donors (Lipinski definition) is 1. The molecule has 41 valence electrons. The van der Waals surface area contributed by atoms with Crippen molar-refractivity contribution in [3.8, 4) is 0 Å². The molecule has 1 rings (SSSR count). The monoisotopic (exact) mass is 110 g/mol. The van der Waals surface area contributed by atoms with Crippen molar-refractivity contribution in [1.82, 2.24) is 20.7 Å². The van der Waals surface area contributed by atoms with Crippen molar-refractivity contribution in [1.29, 1.82) is 0 Å². The van der Waals surface area contributed by atoms with Gasteiger partial charge in [0, 0.05) is 0 Å². The molecule has 0 atom stereocenters. The highest BCUT2D eigenvalue weighted by atomic mass is 15.1. The van der Waals surface area contributed by atoms with Gasteiger partial charge in [0.1, 0.15) is 6.33 Å². The van der Waals surface area contributed by atoms with E-state index in [9.17, 15) is 0 Å². The quantitative estimate of drug-likeness (QED) is 0.481. The summed E-state index contributed by atoms with van der Waals surface area (Å²) in [6.45, 7) is 0. The van der Waals surface area contributed by atoms with Gasteiger partial charge in [0.15, 0.2) is 0 Å². The van der Waals surface area contributed by atoms with Gasteiger partial charge in [-0.3, -0.25) is 5.73 Å². The Kier molecular flexibility index (Phi) is 0.957. The lowest BCUT2D eigenvalue weighted by atomic mass is 10.9. The molecule has 8 heavy (non-hydrogen) atoms. The predicted octanol–water partition coefficient (Wildman–Crippen LogP) is -0.632. The molecule has 1 radical (unpaired) electrons. The van der Waals surface area contributed by atoms with E-state index in [-0.39, 0.29) is 11.9 Å². The molecule has 0 aromatic carbocycles. The summed E-state index contributed by atoms with van der Waals surface area (Å²) in [4.78, 5) is 10.3. The van der Waals surface area contributed by atoms with Crippen LogP contribution in [0.4, 0.5) is 11.9 Å². The van der Waals surface area contributed by atoms with Crippen molar-refractivity contribution < 1.29 is 0 Å². The fourth-order valence-electron chi connectivity index (χ4n) is 0.309. The number of nitrogen functional groups attached to an aromatic ring is 1. The average molecular weight is 110 g/mol. The normalized spacial score (nSPS) is 9.00. The van der Waals surface area contributed by atoms with Crippen molar-refractivity contribution >= 4 is 11.9 Å². The Balaban J connectivity index is 3.08. The molecule has 0 saturated heterocycles.